The number of carbonyl (C=O) groups excluding carboxylic acids is 3. The number of thiocarbonyl (C=S) groups is 1. The van der Waals surface area contributed by atoms with Gasteiger partial charge in [-0.3, -0.25) is 14.4 Å². The van der Waals surface area contributed by atoms with Gasteiger partial charge in [0.1, 0.15) is 4.32 Å². The van der Waals surface area contributed by atoms with Crippen LogP contribution in [0, 0.1) is 6.92 Å². The molecule has 0 aliphatic carbocycles. The maximum Gasteiger partial charge on any atom is 0.235 e. The normalized spacial score (nSPS) is 14.3. The Morgan fingerprint density at radius 1 is 1.30 bits per heavy atom. The predicted octanol–water partition coefficient (Wildman–Crippen LogP) is 2.66. The van der Waals surface area contributed by atoms with Gasteiger partial charge in [-0.15, -0.1) is 0 Å². The number of carbonyl (C=O) groups is 3. The molecule has 1 aliphatic heterocycles. The van der Waals surface area contributed by atoms with E-state index in [1.54, 1.807) is 0 Å². The van der Waals surface area contributed by atoms with Gasteiger partial charge in [-0.1, -0.05) is 49.1 Å². The smallest absolute Gasteiger partial charge is 0.235 e. The lowest BCUT2D eigenvalue weighted by molar-refractivity contribution is -0.133. The summed E-state index contributed by atoms with van der Waals surface area (Å²) in [6.07, 6.45) is 1.20. The van der Waals surface area contributed by atoms with Gasteiger partial charge in [-0.25, -0.2) is 4.90 Å². The molecular weight excluding hydrogens is 332 g/mol. The fraction of sp³-hybridized carbons (Fsp3) is 0.375. The van der Waals surface area contributed by atoms with Gasteiger partial charge in [0, 0.05) is 18.5 Å². The quantitative estimate of drug-likeness (QED) is 0.668. The van der Waals surface area contributed by atoms with Crippen LogP contribution < -0.4 is 5.32 Å². The number of benzene rings is 1. The van der Waals surface area contributed by atoms with Crippen molar-refractivity contribution in [1.82, 2.24) is 4.90 Å². The third kappa shape index (κ3) is 4.17. The zero-order valence-corrected chi connectivity index (χ0v) is 14.7. The van der Waals surface area contributed by atoms with Crippen LogP contribution in [0.2, 0.25) is 0 Å². The number of thioether (sulfide) groups is 1. The molecule has 0 unspecified atom stereocenters. The molecular formula is C16H18N2O3S2. The highest BCUT2D eigenvalue weighted by atomic mass is 32.2. The summed E-state index contributed by atoms with van der Waals surface area (Å²) in [5.41, 5.74) is 2.88. The fourth-order valence-electron chi connectivity index (χ4n) is 2.35. The molecule has 5 nitrogen and oxygen atoms in total. The number of imide groups is 1. The molecule has 23 heavy (non-hydrogen) atoms. The Morgan fingerprint density at radius 3 is 2.57 bits per heavy atom. The molecule has 0 bridgehead atoms. The number of amides is 3. The highest BCUT2D eigenvalue weighted by Crippen LogP contribution is 2.22. The molecule has 1 aromatic rings. The number of anilines is 1. The maximum absolute atomic E-state index is 12.1. The van der Waals surface area contributed by atoms with E-state index in [0.717, 1.165) is 39.9 Å². The average Bonchev–Trinajstić information content (AvgIpc) is 2.86. The van der Waals surface area contributed by atoms with Gasteiger partial charge in [0.15, 0.2) is 0 Å². The van der Waals surface area contributed by atoms with Crippen molar-refractivity contribution < 1.29 is 14.4 Å². The van der Waals surface area contributed by atoms with Crippen molar-refractivity contribution in [3.05, 3.63) is 29.3 Å². The molecule has 0 atom stereocenters. The SMILES string of the molecule is CCc1cccc(C)c1NC(=O)CSC(=S)N1C(=O)CCC1=O. The second-order valence-corrected chi connectivity index (χ2v) is 6.80. The molecule has 0 aromatic heterocycles. The molecule has 1 fully saturated rings. The van der Waals surface area contributed by atoms with Crippen LogP contribution in [0.25, 0.3) is 0 Å². The molecule has 2 rings (SSSR count). The highest BCUT2D eigenvalue weighted by molar-refractivity contribution is 8.23. The molecule has 1 aromatic carbocycles. The van der Waals surface area contributed by atoms with Crippen LogP contribution in [0.3, 0.4) is 0 Å². The minimum Gasteiger partial charge on any atom is -0.325 e. The number of nitrogens with one attached hydrogen (secondary N) is 1. The Bertz CT molecular complexity index is 657. The van der Waals surface area contributed by atoms with Crippen molar-refractivity contribution in [3.8, 4) is 0 Å². The predicted molar refractivity (Wildman–Crippen MR) is 95.3 cm³/mol. The summed E-state index contributed by atoms with van der Waals surface area (Å²) in [6.45, 7) is 3.97. The third-order valence-electron chi connectivity index (χ3n) is 3.57. The molecule has 1 heterocycles. The number of para-hydroxylation sites is 1. The Labute approximate surface area is 144 Å². The lowest BCUT2D eigenvalue weighted by atomic mass is 10.1. The van der Waals surface area contributed by atoms with E-state index in [2.05, 4.69) is 5.32 Å². The van der Waals surface area contributed by atoms with Gasteiger partial charge in [-0.05, 0) is 24.5 Å². The minimum atomic E-state index is -0.292. The molecule has 3 amide bonds. The molecule has 1 saturated heterocycles. The Balaban J connectivity index is 1.95. The number of rotatable bonds is 4. The van der Waals surface area contributed by atoms with Crippen molar-refractivity contribution in [3.63, 3.8) is 0 Å². The zero-order valence-electron chi connectivity index (χ0n) is 13.0. The van der Waals surface area contributed by atoms with Crippen molar-refractivity contribution >= 4 is 51.7 Å². The van der Waals surface area contributed by atoms with E-state index in [-0.39, 0.29) is 40.6 Å². The number of hydrogen-bond donors (Lipinski definition) is 1. The molecule has 1 N–H and O–H groups in total. The van der Waals surface area contributed by atoms with Crippen LogP contribution in [-0.2, 0) is 20.8 Å². The summed E-state index contributed by atoms with van der Waals surface area (Å²) in [7, 11) is 0. The first kappa shape index (κ1) is 17.6. The van der Waals surface area contributed by atoms with E-state index in [4.69, 9.17) is 12.2 Å². The lowest BCUT2D eigenvalue weighted by Gasteiger charge is -2.15. The van der Waals surface area contributed by atoms with Crippen LogP contribution >= 0.6 is 24.0 Å². The fourth-order valence-corrected chi connectivity index (χ4v) is 3.39. The summed E-state index contributed by atoms with van der Waals surface area (Å²) >= 11 is 6.12. The summed E-state index contributed by atoms with van der Waals surface area (Å²) < 4.78 is 0.146. The second-order valence-electron chi connectivity index (χ2n) is 5.19. The Hall–Kier alpha value is -1.73. The van der Waals surface area contributed by atoms with E-state index in [1.165, 1.54) is 0 Å². The minimum absolute atomic E-state index is 0.0629. The van der Waals surface area contributed by atoms with Crippen LogP contribution in [0.1, 0.15) is 30.9 Å². The van der Waals surface area contributed by atoms with Gasteiger partial charge in [-0.2, -0.15) is 0 Å². The number of nitrogens with zero attached hydrogens (tertiary/aromatic N) is 1. The molecule has 1 aliphatic rings. The second kappa shape index (κ2) is 7.70. The van der Waals surface area contributed by atoms with Gasteiger partial charge in [0.05, 0.1) is 5.75 Å². The van der Waals surface area contributed by atoms with Crippen LogP contribution in [-0.4, -0.2) is 32.7 Å². The largest absolute Gasteiger partial charge is 0.325 e. The van der Waals surface area contributed by atoms with Gasteiger partial charge < -0.3 is 5.32 Å². The van der Waals surface area contributed by atoms with E-state index >= 15 is 0 Å². The van der Waals surface area contributed by atoms with Crippen molar-refractivity contribution in [2.75, 3.05) is 11.1 Å². The topological polar surface area (TPSA) is 66.5 Å². The average molecular weight is 350 g/mol. The van der Waals surface area contributed by atoms with Crippen molar-refractivity contribution in [2.24, 2.45) is 0 Å². The first-order chi connectivity index (χ1) is 10.9. The van der Waals surface area contributed by atoms with Gasteiger partial charge in [0.25, 0.3) is 0 Å². The van der Waals surface area contributed by atoms with E-state index in [1.807, 2.05) is 32.0 Å². The first-order valence-electron chi connectivity index (χ1n) is 7.35. The summed E-state index contributed by atoms with van der Waals surface area (Å²) in [4.78, 5) is 36.3. The lowest BCUT2D eigenvalue weighted by Crippen LogP contribution is -2.33. The molecule has 0 spiro atoms. The van der Waals surface area contributed by atoms with Crippen molar-refractivity contribution in [1.29, 1.82) is 0 Å². The molecule has 0 radical (unpaired) electrons. The number of hydrogen-bond acceptors (Lipinski definition) is 5. The third-order valence-corrected chi connectivity index (χ3v) is 4.94. The van der Waals surface area contributed by atoms with Crippen LogP contribution in [0.5, 0.6) is 0 Å². The first-order valence-corrected chi connectivity index (χ1v) is 8.74. The Kier molecular flexibility index (Phi) is 5.90. The summed E-state index contributed by atoms with van der Waals surface area (Å²) in [5, 5.41) is 2.89. The van der Waals surface area contributed by atoms with Crippen molar-refractivity contribution in [2.45, 2.75) is 33.1 Å². The molecule has 7 heteroatoms. The standard InChI is InChI=1S/C16H18N2O3S2/c1-3-11-6-4-5-10(2)15(11)17-12(19)9-23-16(22)18-13(20)7-8-14(18)21/h4-6H,3,7-9H2,1-2H3,(H,17,19). The van der Waals surface area contributed by atoms with Gasteiger partial charge in [0.2, 0.25) is 17.7 Å². The zero-order chi connectivity index (χ0) is 17.0. The van der Waals surface area contributed by atoms with Crippen LogP contribution in [0.4, 0.5) is 5.69 Å². The van der Waals surface area contributed by atoms with Crippen LogP contribution in [0.15, 0.2) is 18.2 Å². The van der Waals surface area contributed by atoms with E-state index < -0.39 is 0 Å². The summed E-state index contributed by atoms with van der Waals surface area (Å²) in [6, 6.07) is 5.87. The van der Waals surface area contributed by atoms with Gasteiger partial charge >= 0.3 is 0 Å². The highest BCUT2D eigenvalue weighted by Gasteiger charge is 2.32. The number of likely N-dealkylation sites (tertiary alicyclic amines) is 1. The van der Waals surface area contributed by atoms with E-state index in [9.17, 15) is 14.4 Å². The molecule has 0 saturated carbocycles. The monoisotopic (exact) mass is 350 g/mol. The number of aryl methyl sites for hydroxylation is 2. The van der Waals surface area contributed by atoms with E-state index in [0.29, 0.717) is 0 Å². The Morgan fingerprint density at radius 2 is 1.96 bits per heavy atom. The molecule has 122 valence electrons. The maximum atomic E-state index is 12.1. The summed E-state index contributed by atoms with van der Waals surface area (Å²) in [5.74, 6) is -0.728.